The van der Waals surface area contributed by atoms with Crippen LogP contribution in [0.25, 0.3) is 0 Å². The third-order valence-corrected chi connectivity index (χ3v) is 5.94. The van der Waals surface area contributed by atoms with Crippen molar-refractivity contribution in [3.63, 3.8) is 0 Å². The number of carboxylic acid groups (broad SMARTS) is 1. The smallest absolute Gasteiger partial charge is 0.304 e. The van der Waals surface area contributed by atoms with Gasteiger partial charge < -0.3 is 20.1 Å². The molecule has 2 N–H and O–H groups in total. The molecular weight excluding hydrogens is 421 g/mol. The number of pyridine rings is 1. The van der Waals surface area contributed by atoms with Gasteiger partial charge in [-0.1, -0.05) is 25.1 Å². The zero-order valence-corrected chi connectivity index (χ0v) is 18.8. The van der Waals surface area contributed by atoms with Crippen LogP contribution in [-0.2, 0) is 11.3 Å². The van der Waals surface area contributed by atoms with Gasteiger partial charge in [0.1, 0.15) is 17.4 Å². The third kappa shape index (κ3) is 5.08. The number of nitrogens with one attached hydrogen (secondary N) is 1. The average molecular weight is 450 g/mol. The number of hydrogen-bond donors (Lipinski definition) is 2. The Morgan fingerprint density at radius 1 is 1.27 bits per heavy atom. The molecule has 7 heteroatoms. The van der Waals surface area contributed by atoms with Crippen molar-refractivity contribution in [1.29, 1.82) is 0 Å². The van der Waals surface area contributed by atoms with E-state index in [0.717, 1.165) is 52.6 Å². The number of ether oxygens (including phenoxy) is 1. The van der Waals surface area contributed by atoms with Gasteiger partial charge in [-0.05, 0) is 48.7 Å². The van der Waals surface area contributed by atoms with Crippen LogP contribution in [0.4, 0.5) is 21.6 Å². The zero-order chi connectivity index (χ0) is 23.4. The first-order chi connectivity index (χ1) is 16.0. The van der Waals surface area contributed by atoms with E-state index in [1.54, 1.807) is 6.07 Å². The minimum absolute atomic E-state index is 0.0724. The van der Waals surface area contributed by atoms with Crippen LogP contribution < -0.4 is 15.0 Å². The molecule has 172 valence electrons. The second-order valence-electron chi connectivity index (χ2n) is 8.26. The number of halogens is 1. The monoisotopic (exact) mass is 449 g/mol. The summed E-state index contributed by atoms with van der Waals surface area (Å²) >= 11 is 0. The number of aromatic nitrogens is 1. The van der Waals surface area contributed by atoms with E-state index < -0.39 is 5.97 Å². The van der Waals surface area contributed by atoms with Crippen LogP contribution in [0.3, 0.4) is 0 Å². The van der Waals surface area contributed by atoms with Crippen molar-refractivity contribution in [3.8, 4) is 5.75 Å². The summed E-state index contributed by atoms with van der Waals surface area (Å²) in [6, 6.07) is 15.2. The van der Waals surface area contributed by atoms with Crippen LogP contribution in [0.2, 0.25) is 0 Å². The van der Waals surface area contributed by atoms with Crippen molar-refractivity contribution in [2.24, 2.45) is 0 Å². The molecule has 0 saturated heterocycles. The van der Waals surface area contributed by atoms with Crippen LogP contribution in [0.1, 0.15) is 42.4 Å². The van der Waals surface area contributed by atoms with Gasteiger partial charge in [0.05, 0.1) is 19.2 Å². The lowest BCUT2D eigenvalue weighted by Gasteiger charge is -2.26. The van der Waals surface area contributed by atoms with Gasteiger partial charge in [0.25, 0.3) is 0 Å². The molecule has 0 fully saturated rings. The highest BCUT2D eigenvalue weighted by Crippen LogP contribution is 2.38. The number of fused-ring (bicyclic) bond motifs is 1. The Bertz CT molecular complexity index is 1130. The van der Waals surface area contributed by atoms with E-state index in [2.05, 4.69) is 41.2 Å². The summed E-state index contributed by atoms with van der Waals surface area (Å²) in [4.78, 5) is 17.4. The molecular formula is C26H28FN3O3. The molecule has 0 spiro atoms. The molecule has 1 aromatic heterocycles. The number of nitrogens with zero attached hydrogens (tertiary/aromatic N) is 2. The molecule has 1 atom stereocenters. The number of carboxylic acids is 1. The molecule has 0 radical (unpaired) electrons. The van der Waals surface area contributed by atoms with Crippen LogP contribution in [-0.4, -0.2) is 29.2 Å². The quantitative estimate of drug-likeness (QED) is 0.440. The maximum Gasteiger partial charge on any atom is 0.304 e. The normalized spacial score (nSPS) is 14.5. The molecule has 2 aromatic carbocycles. The summed E-state index contributed by atoms with van der Waals surface area (Å²) in [6.07, 6.45) is 2.25. The van der Waals surface area contributed by atoms with Gasteiger partial charge >= 0.3 is 5.97 Å². The fraction of sp³-hybridized carbons (Fsp3) is 0.308. The lowest BCUT2D eigenvalue weighted by Crippen LogP contribution is -2.20. The largest absolute Gasteiger partial charge is 0.493 e. The highest BCUT2D eigenvalue weighted by molar-refractivity contribution is 5.69. The highest BCUT2D eigenvalue weighted by atomic mass is 19.1. The number of hydrogen-bond acceptors (Lipinski definition) is 5. The molecule has 2 heterocycles. The summed E-state index contributed by atoms with van der Waals surface area (Å²) < 4.78 is 19.1. The summed E-state index contributed by atoms with van der Waals surface area (Å²) in [7, 11) is 0. The maximum atomic E-state index is 13.4. The second-order valence-corrected chi connectivity index (χ2v) is 8.26. The molecule has 0 aliphatic carbocycles. The number of rotatable bonds is 9. The van der Waals surface area contributed by atoms with E-state index in [9.17, 15) is 9.18 Å². The van der Waals surface area contributed by atoms with E-state index in [1.807, 2.05) is 24.3 Å². The summed E-state index contributed by atoms with van der Waals surface area (Å²) in [5.74, 6) is 0.195. The Hall–Kier alpha value is -3.61. The molecule has 1 aliphatic rings. The maximum absolute atomic E-state index is 13.4. The van der Waals surface area contributed by atoms with Gasteiger partial charge in [-0.2, -0.15) is 0 Å². The predicted molar refractivity (Wildman–Crippen MR) is 127 cm³/mol. The lowest BCUT2D eigenvalue weighted by atomic mass is 9.98. The van der Waals surface area contributed by atoms with E-state index in [0.29, 0.717) is 13.2 Å². The van der Waals surface area contributed by atoms with E-state index in [-0.39, 0.29) is 18.2 Å². The number of benzene rings is 2. The summed E-state index contributed by atoms with van der Waals surface area (Å²) in [5, 5.41) is 12.5. The minimum Gasteiger partial charge on any atom is -0.493 e. The molecule has 1 aliphatic heterocycles. The Balaban J connectivity index is 1.51. The van der Waals surface area contributed by atoms with Gasteiger partial charge in [-0.15, -0.1) is 0 Å². The molecule has 4 rings (SSSR count). The van der Waals surface area contributed by atoms with Crippen LogP contribution in [0.15, 0.2) is 54.7 Å². The first-order valence-corrected chi connectivity index (χ1v) is 11.2. The standard InChI is InChI=1S/C26H28FN3O3/c1-3-11-30(25-10-7-20(27)15-29-25)23-6-4-5-18(17(23)2)14-28-21-8-9-22-19(12-26(31)32)16-33-24(22)13-21/h4-10,13,15,19,28H,3,11-12,14,16H2,1-2H3,(H,31,32). The fourth-order valence-corrected chi connectivity index (χ4v) is 4.23. The topological polar surface area (TPSA) is 74.7 Å². The van der Waals surface area contributed by atoms with Gasteiger partial charge in [0, 0.05) is 42.0 Å². The SMILES string of the molecule is CCCN(c1ccc(F)cn1)c1cccc(CNc2ccc3c(c2)OCC3CC(=O)O)c1C. The third-order valence-electron chi connectivity index (χ3n) is 5.94. The first kappa shape index (κ1) is 22.6. The molecule has 1 unspecified atom stereocenters. The first-order valence-electron chi connectivity index (χ1n) is 11.2. The van der Waals surface area contributed by atoms with Crippen molar-refractivity contribution in [3.05, 3.63) is 77.2 Å². The second kappa shape index (κ2) is 9.90. The Kier molecular flexibility index (Phi) is 6.77. The minimum atomic E-state index is -0.818. The lowest BCUT2D eigenvalue weighted by molar-refractivity contribution is -0.137. The van der Waals surface area contributed by atoms with Gasteiger partial charge in [-0.25, -0.2) is 9.37 Å². The number of anilines is 3. The number of aliphatic carboxylic acids is 1. The molecule has 0 bridgehead atoms. The molecule has 0 amide bonds. The van der Waals surface area contributed by atoms with Crippen molar-refractivity contribution in [2.45, 2.75) is 39.2 Å². The van der Waals surface area contributed by atoms with Crippen LogP contribution in [0.5, 0.6) is 5.75 Å². The Morgan fingerprint density at radius 3 is 2.85 bits per heavy atom. The van der Waals surface area contributed by atoms with Crippen LogP contribution in [0, 0.1) is 12.7 Å². The van der Waals surface area contributed by atoms with Crippen molar-refractivity contribution in [2.75, 3.05) is 23.4 Å². The van der Waals surface area contributed by atoms with E-state index in [4.69, 9.17) is 9.84 Å². The molecule has 6 nitrogen and oxygen atoms in total. The van der Waals surface area contributed by atoms with Crippen molar-refractivity contribution in [1.82, 2.24) is 4.98 Å². The summed E-state index contributed by atoms with van der Waals surface area (Å²) in [6.45, 7) is 5.98. The van der Waals surface area contributed by atoms with Gasteiger partial charge in [-0.3, -0.25) is 4.79 Å². The molecule has 3 aromatic rings. The van der Waals surface area contributed by atoms with Crippen LogP contribution >= 0.6 is 0 Å². The van der Waals surface area contributed by atoms with Crippen molar-refractivity contribution >= 4 is 23.2 Å². The Morgan fingerprint density at radius 2 is 2.12 bits per heavy atom. The Labute approximate surface area is 193 Å². The zero-order valence-electron chi connectivity index (χ0n) is 18.8. The predicted octanol–water partition coefficient (Wildman–Crippen LogP) is 5.64. The van der Waals surface area contributed by atoms with E-state index in [1.165, 1.54) is 12.3 Å². The van der Waals surface area contributed by atoms with Crippen molar-refractivity contribution < 1.29 is 19.0 Å². The molecule has 33 heavy (non-hydrogen) atoms. The number of carbonyl (C=O) groups is 1. The van der Waals surface area contributed by atoms with E-state index >= 15 is 0 Å². The van der Waals surface area contributed by atoms with Gasteiger partial charge in [0.15, 0.2) is 0 Å². The highest BCUT2D eigenvalue weighted by Gasteiger charge is 2.26. The van der Waals surface area contributed by atoms with Gasteiger partial charge in [0.2, 0.25) is 0 Å². The summed E-state index contributed by atoms with van der Waals surface area (Å²) in [5.41, 5.74) is 5.18. The average Bonchev–Trinajstić information content (AvgIpc) is 3.19. The molecule has 0 saturated carbocycles. The fourth-order valence-electron chi connectivity index (χ4n) is 4.23.